The number of rotatable bonds is 10. The number of hydrogen-bond acceptors (Lipinski definition) is 3. The van der Waals surface area contributed by atoms with Crippen molar-refractivity contribution >= 4 is 43.6 Å². The second kappa shape index (κ2) is 20.2. The third kappa shape index (κ3) is 8.29. The average Bonchev–Trinajstić information content (AvgIpc) is 3.86. The maximum Gasteiger partial charge on any atom is 0.164 e. The summed E-state index contributed by atoms with van der Waals surface area (Å²) in [5, 5.41) is 4.92. The van der Waals surface area contributed by atoms with Crippen molar-refractivity contribution in [1.29, 1.82) is 0 Å². The molecule has 0 amide bonds. The van der Waals surface area contributed by atoms with Crippen molar-refractivity contribution in [2.75, 3.05) is 0 Å². The SMILES string of the molecule is Cc1c(C)c(-c2ccccc2)c(-c2ccc(-n3c4ccccc4c4cc(-c5ccc6c(c5)c5ccccc5n6-c5ccccc5)ccc43)cc2)c(-c2ccc(-c3nc(-c4ccccc4)nc(-c4ccccc4)n3)cc2)c1-c1ccccc1. The third-order valence-electron chi connectivity index (χ3n) is 16.4. The lowest BCUT2D eigenvalue weighted by atomic mass is 9.78. The summed E-state index contributed by atoms with van der Waals surface area (Å²) in [5.41, 5.74) is 24.0. The van der Waals surface area contributed by atoms with Crippen molar-refractivity contribution in [3.63, 3.8) is 0 Å². The van der Waals surface area contributed by atoms with Gasteiger partial charge in [0.05, 0.1) is 22.1 Å². The van der Waals surface area contributed by atoms with E-state index in [-0.39, 0.29) is 0 Å². The molecule has 0 spiro atoms. The predicted octanol–water partition coefficient (Wildman–Crippen LogP) is 20.0. The molecule has 0 N–H and O–H groups in total. The van der Waals surface area contributed by atoms with Crippen LogP contribution in [0.25, 0.3) is 145 Å². The van der Waals surface area contributed by atoms with Crippen molar-refractivity contribution in [2.45, 2.75) is 13.8 Å². The van der Waals surface area contributed by atoms with Crippen molar-refractivity contribution < 1.29 is 0 Å². The Kier molecular flexibility index (Phi) is 11.9. The fourth-order valence-electron chi connectivity index (χ4n) is 12.4. The van der Waals surface area contributed by atoms with Gasteiger partial charge in [-0.3, -0.25) is 0 Å². The maximum absolute atomic E-state index is 5.10. The lowest BCUT2D eigenvalue weighted by Crippen LogP contribution is -2.02. The van der Waals surface area contributed by atoms with Crippen LogP contribution in [0.3, 0.4) is 0 Å². The normalized spacial score (nSPS) is 11.5. The molecule has 0 fully saturated rings. The number of para-hydroxylation sites is 3. The van der Waals surface area contributed by atoms with Crippen LogP contribution in [0.1, 0.15) is 11.1 Å². The van der Waals surface area contributed by atoms with Gasteiger partial charge in [0.2, 0.25) is 0 Å². The molecule has 12 aromatic carbocycles. The Morgan fingerprint density at radius 3 is 0.915 bits per heavy atom. The smallest absolute Gasteiger partial charge is 0.164 e. The molecule has 3 heterocycles. The Morgan fingerprint density at radius 2 is 0.500 bits per heavy atom. The molecule has 0 saturated carbocycles. The van der Waals surface area contributed by atoms with Gasteiger partial charge in [-0.1, -0.05) is 224 Å². The number of fused-ring (bicyclic) bond motifs is 6. The minimum Gasteiger partial charge on any atom is -0.309 e. The second-order valence-corrected chi connectivity index (χ2v) is 21.1. The van der Waals surface area contributed by atoms with Gasteiger partial charge in [-0.25, -0.2) is 15.0 Å². The van der Waals surface area contributed by atoms with E-state index in [1.807, 2.05) is 60.7 Å². The first kappa shape index (κ1) is 48.4. The van der Waals surface area contributed by atoms with Gasteiger partial charge in [0.15, 0.2) is 17.5 Å². The Labute approximate surface area is 476 Å². The lowest BCUT2D eigenvalue weighted by molar-refractivity contribution is 1.07. The van der Waals surface area contributed by atoms with E-state index in [9.17, 15) is 0 Å². The fourth-order valence-corrected chi connectivity index (χ4v) is 12.4. The predicted molar refractivity (Wildman–Crippen MR) is 341 cm³/mol. The van der Waals surface area contributed by atoms with Crippen LogP contribution in [0, 0.1) is 13.8 Å². The van der Waals surface area contributed by atoms with Crippen molar-refractivity contribution in [3.05, 3.63) is 296 Å². The number of nitrogens with zero attached hydrogens (tertiary/aromatic N) is 5. The summed E-state index contributed by atoms with van der Waals surface area (Å²) < 4.78 is 4.80. The first-order valence-corrected chi connectivity index (χ1v) is 28.0. The van der Waals surface area contributed by atoms with Crippen LogP contribution in [0.15, 0.2) is 285 Å². The van der Waals surface area contributed by atoms with Gasteiger partial charge in [-0.2, -0.15) is 0 Å². The molecule has 15 aromatic rings. The highest BCUT2D eigenvalue weighted by Gasteiger charge is 2.26. The van der Waals surface area contributed by atoms with Gasteiger partial charge in [0, 0.05) is 49.6 Å². The largest absolute Gasteiger partial charge is 0.309 e. The van der Waals surface area contributed by atoms with E-state index < -0.39 is 0 Å². The molecule has 386 valence electrons. The van der Waals surface area contributed by atoms with E-state index in [4.69, 9.17) is 15.0 Å². The van der Waals surface area contributed by atoms with Gasteiger partial charge < -0.3 is 9.13 Å². The molecule has 0 unspecified atom stereocenters. The van der Waals surface area contributed by atoms with Gasteiger partial charge in [0.1, 0.15) is 0 Å². The van der Waals surface area contributed by atoms with Crippen molar-refractivity contribution in [1.82, 2.24) is 24.1 Å². The number of benzene rings is 12. The quantitative estimate of drug-likeness (QED) is 0.137. The van der Waals surface area contributed by atoms with E-state index in [0.29, 0.717) is 17.5 Å². The number of hydrogen-bond donors (Lipinski definition) is 0. The molecule has 0 aliphatic carbocycles. The Balaban J connectivity index is 0.876. The molecule has 0 aliphatic rings. The van der Waals surface area contributed by atoms with E-state index in [2.05, 4.69) is 247 Å². The monoisotopic (exact) mass is 1050 g/mol. The van der Waals surface area contributed by atoms with Gasteiger partial charge in [0.25, 0.3) is 0 Å². The molecule has 0 aliphatic heterocycles. The van der Waals surface area contributed by atoms with E-state index >= 15 is 0 Å². The van der Waals surface area contributed by atoms with Crippen LogP contribution in [0.5, 0.6) is 0 Å². The van der Waals surface area contributed by atoms with E-state index in [1.165, 1.54) is 88.2 Å². The van der Waals surface area contributed by atoms with E-state index in [1.54, 1.807) is 0 Å². The molecular formula is C77H53N5. The molecule has 5 heteroatoms. The molecule has 3 aromatic heterocycles. The zero-order valence-electron chi connectivity index (χ0n) is 45.4. The number of aromatic nitrogens is 5. The summed E-state index contributed by atoms with van der Waals surface area (Å²) in [6.45, 7) is 4.57. The van der Waals surface area contributed by atoms with Crippen LogP contribution < -0.4 is 0 Å². The van der Waals surface area contributed by atoms with Crippen LogP contribution in [0.4, 0.5) is 0 Å². The van der Waals surface area contributed by atoms with Crippen molar-refractivity contribution in [3.8, 4) is 101 Å². The van der Waals surface area contributed by atoms with Crippen LogP contribution in [0.2, 0.25) is 0 Å². The molecule has 0 saturated heterocycles. The first-order chi connectivity index (χ1) is 40.5. The lowest BCUT2D eigenvalue weighted by Gasteiger charge is -2.26. The highest BCUT2D eigenvalue weighted by atomic mass is 15.0. The molecule has 82 heavy (non-hydrogen) atoms. The van der Waals surface area contributed by atoms with E-state index in [0.717, 1.165) is 50.2 Å². The maximum atomic E-state index is 5.10. The van der Waals surface area contributed by atoms with Crippen LogP contribution in [-0.2, 0) is 0 Å². The second-order valence-electron chi connectivity index (χ2n) is 21.1. The average molecular weight is 1050 g/mol. The molecule has 0 radical (unpaired) electrons. The zero-order chi connectivity index (χ0) is 54.7. The highest BCUT2D eigenvalue weighted by molar-refractivity contribution is 6.13. The van der Waals surface area contributed by atoms with Crippen LogP contribution in [-0.4, -0.2) is 24.1 Å². The molecule has 15 rings (SSSR count). The van der Waals surface area contributed by atoms with Crippen LogP contribution >= 0.6 is 0 Å². The Hall–Kier alpha value is -10.8. The van der Waals surface area contributed by atoms with Gasteiger partial charge in [-0.15, -0.1) is 0 Å². The zero-order valence-corrected chi connectivity index (χ0v) is 45.4. The molecule has 5 nitrogen and oxygen atoms in total. The van der Waals surface area contributed by atoms with Gasteiger partial charge in [-0.05, 0) is 141 Å². The summed E-state index contributed by atoms with van der Waals surface area (Å²) >= 11 is 0. The summed E-state index contributed by atoms with van der Waals surface area (Å²) in [5.74, 6) is 1.89. The first-order valence-electron chi connectivity index (χ1n) is 28.0. The fraction of sp³-hybridized carbons (Fsp3) is 0.0260. The minimum atomic E-state index is 0.620. The van der Waals surface area contributed by atoms with Gasteiger partial charge >= 0.3 is 0 Å². The third-order valence-corrected chi connectivity index (χ3v) is 16.4. The molecule has 0 atom stereocenters. The molecule has 0 bridgehead atoms. The Morgan fingerprint density at radius 1 is 0.220 bits per heavy atom. The minimum absolute atomic E-state index is 0.620. The standard InChI is InChI=1S/C77H53N5/c1-50-51(2)72(53-24-10-4-11-25-53)74(73(71(50)52-22-8-3-9-23-52)54-36-38-58(39-37-54)77-79-75(56-26-12-5-13-27-56)78-76(80-77)57-28-14-6-15-29-57)55-40-44-62(45-41-55)82-68-35-21-19-33-64(68)66-49-60(43-47-70(66)82)59-42-46-69-65(48-59)63-32-18-20-34-67(63)81(69)61-30-16-7-17-31-61/h3-49H,1-2H3. The van der Waals surface area contributed by atoms with Crippen molar-refractivity contribution in [2.24, 2.45) is 0 Å². The molecular weight excluding hydrogens is 995 g/mol. The highest BCUT2D eigenvalue weighted by Crippen LogP contribution is 2.50. The Bertz CT molecular complexity index is 4820. The topological polar surface area (TPSA) is 48.5 Å². The summed E-state index contributed by atoms with van der Waals surface area (Å²) in [6.07, 6.45) is 0. The summed E-state index contributed by atoms with van der Waals surface area (Å²) in [6, 6.07) is 102. The summed E-state index contributed by atoms with van der Waals surface area (Å²) in [7, 11) is 0. The summed E-state index contributed by atoms with van der Waals surface area (Å²) in [4.78, 5) is 15.2.